The maximum absolute atomic E-state index is 14.5. The van der Waals surface area contributed by atoms with Gasteiger partial charge in [-0.05, 0) is 55.0 Å². The maximum atomic E-state index is 14.5. The molecule has 2 unspecified atom stereocenters. The summed E-state index contributed by atoms with van der Waals surface area (Å²) in [5, 5.41) is 16.9. The van der Waals surface area contributed by atoms with E-state index in [1.165, 1.54) is 27.8 Å². The van der Waals surface area contributed by atoms with Gasteiger partial charge in [-0.1, -0.05) is 36.4 Å². The molecule has 1 saturated heterocycles. The number of halogens is 5. The molecule has 3 aromatic carbocycles. The van der Waals surface area contributed by atoms with Crippen molar-refractivity contribution in [3.05, 3.63) is 113 Å². The Bertz CT molecular complexity index is 1920. The van der Waals surface area contributed by atoms with Gasteiger partial charge in [0.05, 0.1) is 23.9 Å². The third kappa shape index (κ3) is 5.76. The van der Waals surface area contributed by atoms with Crippen molar-refractivity contribution in [1.29, 1.82) is 5.26 Å². The lowest BCUT2D eigenvalue weighted by atomic mass is 9.80. The molecule has 1 N–H and O–H groups in total. The van der Waals surface area contributed by atoms with Gasteiger partial charge >= 0.3 is 6.18 Å². The Labute approximate surface area is 271 Å². The van der Waals surface area contributed by atoms with Crippen LogP contribution in [-0.2, 0) is 11.0 Å². The van der Waals surface area contributed by atoms with Gasteiger partial charge in [0.15, 0.2) is 5.69 Å². The number of anilines is 1. The van der Waals surface area contributed by atoms with E-state index in [1.807, 2.05) is 6.07 Å². The molecule has 48 heavy (non-hydrogen) atoms. The summed E-state index contributed by atoms with van der Waals surface area (Å²) in [6.07, 6.45) is -6.41. The van der Waals surface area contributed by atoms with Crippen molar-refractivity contribution in [3.8, 4) is 11.8 Å². The van der Waals surface area contributed by atoms with Crippen LogP contribution < -0.4 is 10.2 Å². The average molecular weight is 663 g/mol. The number of benzene rings is 3. The number of amides is 3. The lowest BCUT2D eigenvalue weighted by Crippen LogP contribution is -2.55. The monoisotopic (exact) mass is 662 g/mol. The van der Waals surface area contributed by atoms with Gasteiger partial charge in [-0.25, -0.2) is 13.5 Å². The predicted octanol–water partition coefficient (Wildman–Crippen LogP) is 5.40. The third-order valence-corrected chi connectivity index (χ3v) is 8.48. The number of rotatable bonds is 6. The number of carbonyl (C=O) groups is 3. The second-order valence-electron chi connectivity index (χ2n) is 11.4. The van der Waals surface area contributed by atoms with Gasteiger partial charge in [0.1, 0.15) is 29.9 Å². The van der Waals surface area contributed by atoms with E-state index in [1.54, 1.807) is 37.3 Å². The molecule has 246 valence electrons. The number of carbonyl (C=O) groups excluding carboxylic acids is 3. The number of alkyl halides is 4. The number of likely N-dealkylation sites (N-methyl/N-ethyl adjacent to an activating group) is 1. The molecular weight excluding hydrogens is 635 g/mol. The summed E-state index contributed by atoms with van der Waals surface area (Å²) in [7, 11) is 0. The second kappa shape index (κ2) is 12.6. The zero-order valence-corrected chi connectivity index (χ0v) is 25.3. The number of para-hydroxylation sites is 1. The minimum absolute atomic E-state index is 0.0150. The smallest absolute Gasteiger partial charge is 0.339 e. The van der Waals surface area contributed by atoms with E-state index in [0.717, 1.165) is 29.2 Å². The van der Waals surface area contributed by atoms with Gasteiger partial charge in [-0.3, -0.25) is 19.3 Å². The molecule has 4 aromatic rings. The Morgan fingerprint density at radius 3 is 2.40 bits per heavy atom. The maximum Gasteiger partial charge on any atom is 0.416 e. The average Bonchev–Trinajstić information content (AvgIpc) is 3.66. The van der Waals surface area contributed by atoms with Crippen LogP contribution in [0.3, 0.4) is 0 Å². The van der Waals surface area contributed by atoms with E-state index >= 15 is 0 Å². The SMILES string of the molecule is CCN1C(=O)C(NC(=O)c2cccc(C(F)(F)F)c2)C(c2ccc(F)cc2)c2c(C(=O)N3C[C@H](F)C[C@@H]3C#N)nn(-c3ccccc3)c21. The minimum atomic E-state index is -4.74. The Balaban J connectivity index is 1.57. The zero-order valence-electron chi connectivity index (χ0n) is 25.3. The standard InChI is InChI=1S/C34H27F5N6O3/c1-2-43-31-27(29(42-45(31)24-9-4-3-5-10-24)33(48)44-18-23(36)16-25(44)17-40)26(19-11-13-22(35)14-12-19)28(32(43)47)41-30(46)20-7-6-8-21(15-20)34(37,38)39/h3-15,23,25-26,28H,2,16,18H2,1H3,(H,41,46)/t23-,25-,26?,28?/m1/s1. The molecule has 4 atom stereocenters. The highest BCUT2D eigenvalue weighted by molar-refractivity contribution is 6.07. The highest BCUT2D eigenvalue weighted by Gasteiger charge is 2.49. The van der Waals surface area contributed by atoms with Gasteiger partial charge in [-0.2, -0.15) is 23.5 Å². The molecule has 1 aromatic heterocycles. The zero-order chi connectivity index (χ0) is 34.3. The number of hydrogen-bond donors (Lipinski definition) is 1. The van der Waals surface area contributed by atoms with E-state index in [-0.39, 0.29) is 47.7 Å². The lowest BCUT2D eigenvalue weighted by molar-refractivity contribution is -0.137. The fourth-order valence-corrected chi connectivity index (χ4v) is 6.26. The summed E-state index contributed by atoms with van der Waals surface area (Å²) in [6.45, 7) is 1.29. The highest BCUT2D eigenvalue weighted by atomic mass is 19.4. The molecule has 2 aliphatic rings. The molecule has 1 fully saturated rings. The van der Waals surface area contributed by atoms with Crippen LogP contribution in [-0.4, -0.2) is 63.7 Å². The number of likely N-dealkylation sites (tertiary alicyclic amines) is 1. The van der Waals surface area contributed by atoms with Crippen LogP contribution in [0.2, 0.25) is 0 Å². The summed E-state index contributed by atoms with van der Waals surface area (Å²) in [6, 6.07) is 16.5. The summed E-state index contributed by atoms with van der Waals surface area (Å²) in [5.74, 6) is -4.14. The van der Waals surface area contributed by atoms with E-state index in [2.05, 4.69) is 10.4 Å². The molecule has 14 heteroatoms. The first-order valence-corrected chi connectivity index (χ1v) is 15.0. The quantitative estimate of drug-likeness (QED) is 0.278. The van der Waals surface area contributed by atoms with Gasteiger partial charge in [0.2, 0.25) is 0 Å². The first-order valence-electron chi connectivity index (χ1n) is 15.0. The molecule has 0 spiro atoms. The van der Waals surface area contributed by atoms with Crippen molar-refractivity contribution in [2.24, 2.45) is 0 Å². The topological polar surface area (TPSA) is 111 Å². The number of hydrogen-bond acceptors (Lipinski definition) is 5. The lowest BCUT2D eigenvalue weighted by Gasteiger charge is -2.38. The molecule has 0 bridgehead atoms. The molecule has 0 radical (unpaired) electrons. The summed E-state index contributed by atoms with van der Waals surface area (Å²) >= 11 is 0. The van der Waals surface area contributed by atoms with Gasteiger partial charge in [-0.15, -0.1) is 0 Å². The highest BCUT2D eigenvalue weighted by Crippen LogP contribution is 2.44. The van der Waals surface area contributed by atoms with Gasteiger partial charge in [0.25, 0.3) is 17.7 Å². The third-order valence-electron chi connectivity index (χ3n) is 8.48. The fourth-order valence-electron chi connectivity index (χ4n) is 6.26. The van der Waals surface area contributed by atoms with Crippen LogP contribution in [0.5, 0.6) is 0 Å². The molecular formula is C34H27F5N6O3. The van der Waals surface area contributed by atoms with Gasteiger partial charge in [0, 0.05) is 30.0 Å². The van der Waals surface area contributed by atoms with Crippen LogP contribution in [0.1, 0.15) is 56.8 Å². The van der Waals surface area contributed by atoms with Crippen molar-refractivity contribution in [3.63, 3.8) is 0 Å². The molecule has 0 saturated carbocycles. The van der Waals surface area contributed by atoms with Crippen molar-refractivity contribution in [2.45, 2.75) is 43.7 Å². The summed E-state index contributed by atoms with van der Waals surface area (Å²) in [5.41, 5.74) is -0.821. The van der Waals surface area contributed by atoms with E-state index in [9.17, 15) is 41.6 Å². The Kier molecular flexibility index (Phi) is 8.46. The number of aromatic nitrogens is 2. The van der Waals surface area contributed by atoms with Crippen LogP contribution >= 0.6 is 0 Å². The number of fused-ring (bicyclic) bond motifs is 1. The van der Waals surface area contributed by atoms with Crippen LogP contribution in [0.4, 0.5) is 27.8 Å². The molecule has 0 aliphatic carbocycles. The van der Waals surface area contributed by atoms with Crippen molar-refractivity contribution < 1.29 is 36.3 Å². The molecule has 6 rings (SSSR count). The summed E-state index contributed by atoms with van der Waals surface area (Å²) < 4.78 is 70.5. The van der Waals surface area contributed by atoms with E-state index in [0.29, 0.717) is 11.8 Å². The second-order valence-corrected chi connectivity index (χ2v) is 11.4. The first-order chi connectivity index (χ1) is 22.9. The van der Waals surface area contributed by atoms with Crippen LogP contribution in [0.15, 0.2) is 78.9 Å². The number of nitrogens with one attached hydrogen (secondary N) is 1. The largest absolute Gasteiger partial charge is 0.416 e. The van der Waals surface area contributed by atoms with E-state index in [4.69, 9.17) is 0 Å². The Morgan fingerprint density at radius 2 is 1.75 bits per heavy atom. The predicted molar refractivity (Wildman–Crippen MR) is 162 cm³/mol. The molecule has 3 amide bonds. The minimum Gasteiger partial charge on any atom is -0.339 e. The Morgan fingerprint density at radius 1 is 1.04 bits per heavy atom. The summed E-state index contributed by atoms with van der Waals surface area (Å²) in [4.78, 5) is 44.5. The number of nitrogens with zero attached hydrogens (tertiary/aromatic N) is 5. The van der Waals surface area contributed by atoms with Crippen molar-refractivity contribution in [2.75, 3.05) is 18.0 Å². The van der Waals surface area contributed by atoms with Gasteiger partial charge < -0.3 is 10.2 Å². The molecule has 3 heterocycles. The Hall–Kier alpha value is -5.58. The van der Waals surface area contributed by atoms with Crippen molar-refractivity contribution >= 4 is 23.5 Å². The number of nitriles is 1. The van der Waals surface area contributed by atoms with Crippen LogP contribution in [0, 0.1) is 17.1 Å². The van der Waals surface area contributed by atoms with E-state index < -0.39 is 59.5 Å². The fraction of sp³-hybridized carbons (Fsp3) is 0.265. The first kappa shape index (κ1) is 32.4. The van der Waals surface area contributed by atoms with Crippen LogP contribution in [0.25, 0.3) is 5.69 Å². The van der Waals surface area contributed by atoms with Crippen molar-refractivity contribution in [1.82, 2.24) is 20.0 Å². The molecule has 2 aliphatic heterocycles. The molecule has 9 nitrogen and oxygen atoms in total. The normalized spacial score (nSPS) is 20.7.